The Kier molecular flexibility index (Phi) is 4.11. The lowest BCUT2D eigenvalue weighted by Crippen LogP contribution is -2.47. The smallest absolute Gasteiger partial charge is 0.236 e. The van der Waals surface area contributed by atoms with Gasteiger partial charge in [0.15, 0.2) is 0 Å². The van der Waals surface area contributed by atoms with Crippen LogP contribution in [0.25, 0.3) is 0 Å². The zero-order valence-corrected chi connectivity index (χ0v) is 12.5. The predicted octanol–water partition coefficient (Wildman–Crippen LogP) is 1.44. The van der Waals surface area contributed by atoms with E-state index in [0.717, 1.165) is 24.6 Å². The molecule has 5 heteroatoms. The molecule has 1 N–H and O–H groups in total. The zero-order valence-electron chi connectivity index (χ0n) is 10.8. The van der Waals surface area contributed by atoms with Gasteiger partial charge in [-0.3, -0.25) is 4.79 Å². The van der Waals surface area contributed by atoms with Crippen molar-refractivity contribution < 1.29 is 4.79 Å². The third kappa shape index (κ3) is 2.68. The monoisotopic (exact) mass is 286 g/mol. The number of hydrogen-bond acceptors (Lipinski definition) is 4. The Hall–Kier alpha value is 0.130. The molecule has 0 bridgehead atoms. The number of nitrogens with one attached hydrogen (secondary N) is 1. The molecule has 1 spiro atoms. The zero-order chi connectivity index (χ0) is 12.4. The molecule has 0 aliphatic carbocycles. The Morgan fingerprint density at radius 1 is 1.22 bits per heavy atom. The van der Waals surface area contributed by atoms with Gasteiger partial charge >= 0.3 is 0 Å². The summed E-state index contributed by atoms with van der Waals surface area (Å²) in [6.45, 7) is 4.32. The molecule has 18 heavy (non-hydrogen) atoms. The number of likely N-dealkylation sites (tertiary alicyclic amines) is 1. The summed E-state index contributed by atoms with van der Waals surface area (Å²) in [6.07, 6.45) is 3.72. The topological polar surface area (TPSA) is 32.3 Å². The summed E-state index contributed by atoms with van der Waals surface area (Å²) in [6, 6.07) is 0. The van der Waals surface area contributed by atoms with E-state index in [0.29, 0.717) is 11.3 Å². The molecule has 1 amide bonds. The van der Waals surface area contributed by atoms with E-state index in [4.69, 9.17) is 0 Å². The second-order valence-corrected chi connectivity index (χ2v) is 8.15. The molecule has 0 saturated carbocycles. The Morgan fingerprint density at radius 3 is 2.67 bits per heavy atom. The molecule has 0 aromatic carbocycles. The van der Waals surface area contributed by atoms with Gasteiger partial charge in [-0.05, 0) is 31.2 Å². The summed E-state index contributed by atoms with van der Waals surface area (Å²) in [5.41, 5.74) is 0.519. The SMILES string of the molecule is O=C(C1CSCCS1)N1CCC2(CCNC2)CC1. The highest BCUT2D eigenvalue weighted by molar-refractivity contribution is 8.07. The summed E-state index contributed by atoms with van der Waals surface area (Å²) in [4.78, 5) is 14.6. The average Bonchev–Trinajstić information content (AvgIpc) is 2.88. The lowest BCUT2D eigenvalue weighted by atomic mass is 9.78. The van der Waals surface area contributed by atoms with Crippen LogP contribution in [-0.2, 0) is 4.79 Å². The van der Waals surface area contributed by atoms with E-state index in [1.54, 1.807) is 0 Å². The molecule has 3 aliphatic rings. The van der Waals surface area contributed by atoms with Gasteiger partial charge < -0.3 is 10.2 Å². The maximum Gasteiger partial charge on any atom is 0.236 e. The van der Waals surface area contributed by atoms with Gasteiger partial charge in [-0.15, -0.1) is 11.8 Å². The summed E-state index contributed by atoms with van der Waals surface area (Å²) in [7, 11) is 0. The molecular weight excluding hydrogens is 264 g/mol. The second-order valence-electron chi connectivity index (χ2n) is 5.69. The van der Waals surface area contributed by atoms with Gasteiger partial charge in [-0.2, -0.15) is 11.8 Å². The molecule has 3 rings (SSSR count). The van der Waals surface area contributed by atoms with Gasteiger partial charge in [0.1, 0.15) is 0 Å². The molecule has 3 heterocycles. The lowest BCUT2D eigenvalue weighted by Gasteiger charge is -2.40. The third-order valence-electron chi connectivity index (χ3n) is 4.56. The highest BCUT2D eigenvalue weighted by atomic mass is 32.2. The largest absolute Gasteiger partial charge is 0.342 e. The van der Waals surface area contributed by atoms with Crippen LogP contribution in [0.4, 0.5) is 0 Å². The highest BCUT2D eigenvalue weighted by Crippen LogP contribution is 2.37. The van der Waals surface area contributed by atoms with Crippen molar-refractivity contribution >= 4 is 29.4 Å². The number of amides is 1. The van der Waals surface area contributed by atoms with Gasteiger partial charge in [-0.25, -0.2) is 0 Å². The first kappa shape index (κ1) is 13.1. The van der Waals surface area contributed by atoms with Crippen LogP contribution in [0.1, 0.15) is 19.3 Å². The quantitative estimate of drug-likeness (QED) is 0.790. The number of piperidine rings is 1. The minimum Gasteiger partial charge on any atom is -0.342 e. The minimum atomic E-state index is 0.236. The maximum atomic E-state index is 12.4. The van der Waals surface area contributed by atoms with Gasteiger partial charge in [0.25, 0.3) is 0 Å². The van der Waals surface area contributed by atoms with Crippen LogP contribution >= 0.6 is 23.5 Å². The average molecular weight is 286 g/mol. The Balaban J connectivity index is 1.53. The molecule has 0 aromatic rings. The van der Waals surface area contributed by atoms with E-state index in [2.05, 4.69) is 10.2 Å². The van der Waals surface area contributed by atoms with Gasteiger partial charge in [-0.1, -0.05) is 0 Å². The number of carbonyl (C=O) groups is 1. The predicted molar refractivity (Wildman–Crippen MR) is 79.3 cm³/mol. The molecule has 3 saturated heterocycles. The van der Waals surface area contributed by atoms with Crippen LogP contribution < -0.4 is 5.32 Å². The number of thioether (sulfide) groups is 2. The Labute approximate surface area is 118 Å². The Morgan fingerprint density at radius 2 is 2.06 bits per heavy atom. The molecule has 0 radical (unpaired) electrons. The van der Waals surface area contributed by atoms with E-state index in [1.807, 2.05) is 23.5 Å². The molecular formula is C13H22N2OS2. The first-order valence-electron chi connectivity index (χ1n) is 6.98. The summed E-state index contributed by atoms with van der Waals surface area (Å²) in [5, 5.41) is 3.71. The van der Waals surface area contributed by atoms with Crippen LogP contribution in [-0.4, -0.2) is 59.5 Å². The minimum absolute atomic E-state index is 0.236. The fourth-order valence-corrected chi connectivity index (χ4v) is 5.89. The van der Waals surface area contributed by atoms with E-state index in [-0.39, 0.29) is 5.25 Å². The molecule has 0 aromatic heterocycles. The fourth-order valence-electron chi connectivity index (χ4n) is 3.26. The van der Waals surface area contributed by atoms with Crippen molar-refractivity contribution in [1.29, 1.82) is 0 Å². The van der Waals surface area contributed by atoms with Crippen molar-refractivity contribution in [3.8, 4) is 0 Å². The lowest BCUT2D eigenvalue weighted by molar-refractivity contribution is -0.132. The van der Waals surface area contributed by atoms with Crippen molar-refractivity contribution in [2.45, 2.75) is 24.5 Å². The summed E-state index contributed by atoms with van der Waals surface area (Å²) in [5.74, 6) is 3.78. The normalized spacial score (nSPS) is 31.8. The van der Waals surface area contributed by atoms with E-state index >= 15 is 0 Å². The molecule has 102 valence electrons. The van der Waals surface area contributed by atoms with Crippen LogP contribution in [0.3, 0.4) is 0 Å². The fraction of sp³-hybridized carbons (Fsp3) is 0.923. The first-order valence-corrected chi connectivity index (χ1v) is 9.18. The van der Waals surface area contributed by atoms with Crippen LogP contribution in [0.15, 0.2) is 0 Å². The molecule has 3 aliphatic heterocycles. The van der Waals surface area contributed by atoms with Crippen molar-refractivity contribution in [1.82, 2.24) is 10.2 Å². The van der Waals surface area contributed by atoms with Gasteiger partial charge in [0.05, 0.1) is 5.25 Å². The first-order chi connectivity index (χ1) is 8.79. The number of rotatable bonds is 1. The number of hydrogen-bond donors (Lipinski definition) is 1. The van der Waals surface area contributed by atoms with E-state index in [9.17, 15) is 4.79 Å². The third-order valence-corrected chi connectivity index (χ3v) is 7.30. The van der Waals surface area contributed by atoms with E-state index in [1.165, 1.54) is 38.1 Å². The number of nitrogens with zero attached hydrogens (tertiary/aromatic N) is 1. The summed E-state index contributed by atoms with van der Waals surface area (Å²) >= 11 is 3.80. The van der Waals surface area contributed by atoms with Crippen LogP contribution in [0.2, 0.25) is 0 Å². The number of carbonyl (C=O) groups excluding carboxylic acids is 1. The van der Waals surface area contributed by atoms with Crippen LogP contribution in [0, 0.1) is 5.41 Å². The van der Waals surface area contributed by atoms with Crippen molar-refractivity contribution in [3.63, 3.8) is 0 Å². The van der Waals surface area contributed by atoms with Gasteiger partial charge in [0.2, 0.25) is 5.91 Å². The van der Waals surface area contributed by atoms with Crippen molar-refractivity contribution in [3.05, 3.63) is 0 Å². The molecule has 3 nitrogen and oxygen atoms in total. The second kappa shape index (κ2) is 5.63. The molecule has 1 atom stereocenters. The van der Waals surface area contributed by atoms with Crippen LogP contribution in [0.5, 0.6) is 0 Å². The highest BCUT2D eigenvalue weighted by Gasteiger charge is 2.39. The molecule has 3 fully saturated rings. The molecule has 1 unspecified atom stereocenters. The Bertz CT molecular complexity index is 302. The van der Waals surface area contributed by atoms with Crippen molar-refractivity contribution in [2.75, 3.05) is 43.4 Å². The van der Waals surface area contributed by atoms with Crippen molar-refractivity contribution in [2.24, 2.45) is 5.41 Å². The van der Waals surface area contributed by atoms with Gasteiger partial charge in [0, 0.05) is 36.9 Å². The maximum absolute atomic E-state index is 12.4. The summed E-state index contributed by atoms with van der Waals surface area (Å²) < 4.78 is 0. The standard InChI is InChI=1S/C13H22N2OS2/c16-12(11-9-17-7-8-18-11)15-5-2-13(3-6-15)1-4-14-10-13/h11,14H,1-10H2. The van der Waals surface area contributed by atoms with E-state index < -0.39 is 0 Å².